The highest BCUT2D eigenvalue weighted by molar-refractivity contribution is 7.99. The lowest BCUT2D eigenvalue weighted by Gasteiger charge is -2.33. The van der Waals surface area contributed by atoms with Crippen LogP contribution in [0.5, 0.6) is 0 Å². The molecule has 2 saturated heterocycles. The fraction of sp³-hybridized carbons (Fsp3) is 0.833. The average Bonchev–Trinajstić information content (AvgIpc) is 2.39. The number of carboxylic acid groups (broad SMARTS) is 1. The molecule has 0 spiro atoms. The van der Waals surface area contributed by atoms with Crippen LogP contribution < -0.4 is 5.32 Å². The number of nitrogens with one attached hydrogen (secondary N) is 1. The Hall–Kier alpha value is -0.790. The molecule has 0 radical (unpaired) electrons. The van der Waals surface area contributed by atoms with E-state index in [-0.39, 0.29) is 24.5 Å². The first-order valence-electron chi connectivity index (χ1n) is 6.57. The van der Waals surface area contributed by atoms with Crippen LogP contribution in [-0.4, -0.2) is 71.8 Å². The molecule has 0 aromatic carbocycles. The van der Waals surface area contributed by atoms with Gasteiger partial charge in [-0.15, -0.1) is 0 Å². The maximum absolute atomic E-state index is 12.2. The molecule has 2 aliphatic heterocycles. The van der Waals surface area contributed by atoms with Gasteiger partial charge in [0, 0.05) is 43.6 Å². The zero-order valence-corrected chi connectivity index (χ0v) is 11.7. The number of ether oxygens (including phenoxy) is 1. The number of carboxylic acids is 1. The largest absolute Gasteiger partial charge is 0.481 e. The number of rotatable bonds is 4. The second-order valence-electron chi connectivity index (χ2n) is 4.86. The minimum atomic E-state index is -0.885. The number of amides is 1. The fourth-order valence-corrected chi connectivity index (χ4v) is 3.30. The number of carbonyl (C=O) groups excluding carboxylic acids is 1. The third-order valence-corrected chi connectivity index (χ3v) is 4.44. The SMILES string of the molecule is O=C(O)CC1CN(C(=O)CC2CSCCN2)CCO1. The number of hydrogen-bond donors (Lipinski definition) is 2. The Morgan fingerprint density at radius 1 is 1.42 bits per heavy atom. The van der Waals surface area contributed by atoms with Crippen LogP contribution in [0, 0.1) is 0 Å². The maximum atomic E-state index is 12.2. The van der Waals surface area contributed by atoms with Gasteiger partial charge in [-0.2, -0.15) is 11.8 Å². The van der Waals surface area contributed by atoms with Crippen molar-refractivity contribution in [2.45, 2.75) is 25.0 Å². The molecule has 2 unspecified atom stereocenters. The minimum Gasteiger partial charge on any atom is -0.481 e. The zero-order chi connectivity index (χ0) is 13.7. The molecule has 0 aromatic rings. The maximum Gasteiger partial charge on any atom is 0.306 e. The fourth-order valence-electron chi connectivity index (χ4n) is 2.35. The van der Waals surface area contributed by atoms with Gasteiger partial charge in [0.1, 0.15) is 0 Å². The van der Waals surface area contributed by atoms with E-state index in [0.717, 1.165) is 18.1 Å². The van der Waals surface area contributed by atoms with E-state index in [9.17, 15) is 9.59 Å². The molecule has 1 amide bonds. The van der Waals surface area contributed by atoms with Crippen molar-refractivity contribution in [3.63, 3.8) is 0 Å². The van der Waals surface area contributed by atoms with Gasteiger partial charge >= 0.3 is 5.97 Å². The van der Waals surface area contributed by atoms with Gasteiger partial charge in [-0.25, -0.2) is 0 Å². The number of nitrogens with zero attached hydrogens (tertiary/aromatic N) is 1. The van der Waals surface area contributed by atoms with Crippen LogP contribution in [0.4, 0.5) is 0 Å². The molecule has 19 heavy (non-hydrogen) atoms. The molecular formula is C12H20N2O4S. The van der Waals surface area contributed by atoms with Gasteiger partial charge in [0.05, 0.1) is 19.1 Å². The lowest BCUT2D eigenvalue weighted by atomic mass is 10.1. The Bertz CT molecular complexity index is 334. The van der Waals surface area contributed by atoms with Crippen molar-refractivity contribution in [3.8, 4) is 0 Å². The molecule has 0 aliphatic carbocycles. The first-order valence-corrected chi connectivity index (χ1v) is 7.73. The van der Waals surface area contributed by atoms with Crippen LogP contribution in [0.3, 0.4) is 0 Å². The molecule has 2 atom stereocenters. The van der Waals surface area contributed by atoms with Crippen LogP contribution in [0.15, 0.2) is 0 Å². The van der Waals surface area contributed by atoms with E-state index in [1.54, 1.807) is 4.90 Å². The Morgan fingerprint density at radius 2 is 2.26 bits per heavy atom. The van der Waals surface area contributed by atoms with E-state index >= 15 is 0 Å². The average molecular weight is 288 g/mol. The van der Waals surface area contributed by atoms with Crippen molar-refractivity contribution in [1.29, 1.82) is 0 Å². The van der Waals surface area contributed by atoms with E-state index in [4.69, 9.17) is 9.84 Å². The smallest absolute Gasteiger partial charge is 0.306 e. The standard InChI is InChI=1S/C12H20N2O4S/c15-11(5-9-8-19-4-1-13-9)14-2-3-18-10(7-14)6-12(16)17/h9-10,13H,1-8H2,(H,16,17). The second-order valence-corrected chi connectivity index (χ2v) is 6.01. The lowest BCUT2D eigenvalue weighted by Crippen LogP contribution is -2.49. The molecule has 2 fully saturated rings. The van der Waals surface area contributed by atoms with Crippen molar-refractivity contribution in [3.05, 3.63) is 0 Å². The number of hydrogen-bond acceptors (Lipinski definition) is 5. The molecule has 7 heteroatoms. The first kappa shape index (κ1) is 14.6. The van der Waals surface area contributed by atoms with E-state index < -0.39 is 5.97 Å². The molecular weight excluding hydrogens is 268 g/mol. The van der Waals surface area contributed by atoms with E-state index in [1.165, 1.54) is 0 Å². The molecule has 0 aromatic heterocycles. The monoisotopic (exact) mass is 288 g/mol. The van der Waals surface area contributed by atoms with Crippen molar-refractivity contribution in [2.24, 2.45) is 0 Å². The Balaban J connectivity index is 1.79. The summed E-state index contributed by atoms with van der Waals surface area (Å²) in [7, 11) is 0. The molecule has 6 nitrogen and oxygen atoms in total. The highest BCUT2D eigenvalue weighted by atomic mass is 32.2. The van der Waals surface area contributed by atoms with E-state index in [1.807, 2.05) is 11.8 Å². The number of aliphatic carboxylic acids is 1. The van der Waals surface area contributed by atoms with Crippen molar-refractivity contribution in [1.82, 2.24) is 10.2 Å². The second kappa shape index (κ2) is 7.12. The summed E-state index contributed by atoms with van der Waals surface area (Å²) in [5.74, 6) is 1.28. The summed E-state index contributed by atoms with van der Waals surface area (Å²) in [5, 5.41) is 12.1. The van der Waals surface area contributed by atoms with Gasteiger partial charge in [-0.05, 0) is 0 Å². The summed E-state index contributed by atoms with van der Waals surface area (Å²) >= 11 is 1.86. The molecule has 2 aliphatic rings. The predicted molar refractivity (Wildman–Crippen MR) is 72.3 cm³/mol. The predicted octanol–water partition coefficient (Wildman–Crippen LogP) is -0.216. The van der Waals surface area contributed by atoms with Gasteiger partial charge in [-0.1, -0.05) is 0 Å². The van der Waals surface area contributed by atoms with Gasteiger partial charge < -0.3 is 20.1 Å². The normalized spacial score (nSPS) is 28.1. The summed E-state index contributed by atoms with van der Waals surface area (Å²) in [4.78, 5) is 24.6. The third-order valence-electron chi connectivity index (χ3n) is 3.31. The first-order chi connectivity index (χ1) is 9.15. The Kier molecular flexibility index (Phi) is 5.47. The number of morpholine rings is 1. The van der Waals surface area contributed by atoms with Gasteiger partial charge in [0.2, 0.25) is 5.91 Å². The van der Waals surface area contributed by atoms with Crippen molar-refractivity contribution >= 4 is 23.6 Å². The molecule has 0 saturated carbocycles. The van der Waals surface area contributed by atoms with Crippen LogP contribution >= 0.6 is 11.8 Å². The quantitative estimate of drug-likeness (QED) is 0.745. The topological polar surface area (TPSA) is 78.9 Å². The summed E-state index contributed by atoms with van der Waals surface area (Å²) in [6.07, 6.45) is 0.0811. The zero-order valence-electron chi connectivity index (χ0n) is 10.8. The third kappa shape index (κ3) is 4.67. The highest BCUT2D eigenvalue weighted by Gasteiger charge is 2.27. The Labute approximate surface area is 116 Å². The molecule has 0 bridgehead atoms. The summed E-state index contributed by atoms with van der Waals surface area (Å²) < 4.78 is 5.36. The molecule has 2 heterocycles. The molecule has 2 N–H and O–H groups in total. The van der Waals surface area contributed by atoms with Gasteiger partial charge in [0.15, 0.2) is 0 Å². The summed E-state index contributed by atoms with van der Waals surface area (Å²) in [6, 6.07) is 0.243. The van der Waals surface area contributed by atoms with E-state index in [0.29, 0.717) is 26.1 Å². The number of thioether (sulfide) groups is 1. The Morgan fingerprint density at radius 3 is 2.95 bits per heavy atom. The molecule has 2 rings (SSSR count). The van der Waals surface area contributed by atoms with Crippen LogP contribution in [0.25, 0.3) is 0 Å². The van der Waals surface area contributed by atoms with Crippen molar-refractivity contribution in [2.75, 3.05) is 37.7 Å². The summed E-state index contributed by atoms with van der Waals surface area (Å²) in [5.41, 5.74) is 0. The lowest BCUT2D eigenvalue weighted by molar-refractivity contribution is -0.147. The molecule has 108 valence electrons. The number of carbonyl (C=O) groups is 2. The summed E-state index contributed by atoms with van der Waals surface area (Å²) in [6.45, 7) is 2.34. The van der Waals surface area contributed by atoms with Crippen LogP contribution in [0.1, 0.15) is 12.8 Å². The van der Waals surface area contributed by atoms with Gasteiger partial charge in [-0.3, -0.25) is 9.59 Å². The van der Waals surface area contributed by atoms with Crippen LogP contribution in [0.2, 0.25) is 0 Å². The van der Waals surface area contributed by atoms with Crippen molar-refractivity contribution < 1.29 is 19.4 Å². The minimum absolute atomic E-state index is 0.0404. The van der Waals surface area contributed by atoms with Gasteiger partial charge in [0.25, 0.3) is 0 Å². The van der Waals surface area contributed by atoms with E-state index in [2.05, 4.69) is 5.32 Å². The highest BCUT2D eigenvalue weighted by Crippen LogP contribution is 2.14. The van der Waals surface area contributed by atoms with Crippen LogP contribution in [-0.2, 0) is 14.3 Å².